The number of ether oxygens (including phenoxy) is 1. The molecule has 1 aliphatic heterocycles. The topological polar surface area (TPSA) is 77.1 Å². The molecule has 1 saturated heterocycles. The molecule has 3 rings (SSSR count). The first-order valence-electron chi connectivity index (χ1n) is 11.3. The van der Waals surface area contributed by atoms with Crippen molar-refractivity contribution in [1.82, 2.24) is 20.4 Å². The van der Waals surface area contributed by atoms with Crippen LogP contribution in [0.2, 0.25) is 0 Å². The summed E-state index contributed by atoms with van der Waals surface area (Å²) < 4.78 is 5.30. The Kier molecular flexibility index (Phi) is 8.68. The third-order valence-corrected chi connectivity index (χ3v) is 6.07. The second-order valence-corrected chi connectivity index (χ2v) is 8.55. The number of carbonyl (C=O) groups excluding carboxylic acids is 2. The fourth-order valence-electron chi connectivity index (χ4n) is 3.96. The smallest absolute Gasteiger partial charge is 0.309 e. The van der Waals surface area contributed by atoms with Crippen LogP contribution in [0.15, 0.2) is 48.5 Å². The van der Waals surface area contributed by atoms with Crippen molar-refractivity contribution in [1.29, 1.82) is 0 Å². The van der Waals surface area contributed by atoms with E-state index >= 15 is 0 Å². The Morgan fingerprint density at radius 3 is 2.24 bits per heavy atom. The second kappa shape index (κ2) is 11.7. The van der Waals surface area contributed by atoms with Gasteiger partial charge in [-0.25, -0.2) is 0 Å². The van der Waals surface area contributed by atoms with Gasteiger partial charge in [0.05, 0.1) is 13.2 Å². The summed E-state index contributed by atoms with van der Waals surface area (Å²) in [5.74, 6) is -0.607. The lowest BCUT2D eigenvalue weighted by atomic mass is 10.0. The minimum absolute atomic E-state index is 0.000814. The molecular weight excluding hydrogens is 418 g/mol. The second-order valence-electron chi connectivity index (χ2n) is 8.55. The van der Waals surface area contributed by atoms with Gasteiger partial charge in [0.15, 0.2) is 0 Å². The Morgan fingerprint density at radius 1 is 0.970 bits per heavy atom. The van der Waals surface area contributed by atoms with E-state index in [0.717, 1.165) is 43.0 Å². The van der Waals surface area contributed by atoms with Crippen molar-refractivity contribution in [3.63, 3.8) is 0 Å². The van der Waals surface area contributed by atoms with E-state index in [1.54, 1.807) is 7.11 Å². The number of likely N-dealkylation sites (N-methyl/N-ethyl adjacent to an activating group) is 1. The molecule has 0 bridgehead atoms. The van der Waals surface area contributed by atoms with Crippen LogP contribution in [-0.4, -0.2) is 82.6 Å². The highest BCUT2D eigenvalue weighted by atomic mass is 16.5. The van der Waals surface area contributed by atoms with E-state index in [0.29, 0.717) is 12.3 Å². The van der Waals surface area contributed by atoms with Crippen LogP contribution in [0, 0.1) is 0 Å². The number of nitrogens with zero attached hydrogens (tertiary/aromatic N) is 3. The summed E-state index contributed by atoms with van der Waals surface area (Å²) in [6.45, 7) is 4.36. The number of piperazine rings is 1. The maximum Gasteiger partial charge on any atom is 0.309 e. The van der Waals surface area contributed by atoms with Gasteiger partial charge in [0.1, 0.15) is 5.75 Å². The predicted octanol–water partition coefficient (Wildman–Crippen LogP) is 1.48. The molecule has 0 aliphatic carbocycles. The number of methoxy groups -OCH3 is 1. The number of hydrogen-bond donors (Lipinski definition) is 2. The van der Waals surface area contributed by atoms with Crippen molar-refractivity contribution in [3.8, 4) is 5.75 Å². The number of rotatable bonds is 8. The zero-order valence-electron chi connectivity index (χ0n) is 20.0. The summed E-state index contributed by atoms with van der Waals surface area (Å²) in [6, 6.07) is 15.8. The summed E-state index contributed by atoms with van der Waals surface area (Å²) in [5, 5.41) is 5.53. The van der Waals surface area contributed by atoms with Crippen LogP contribution in [0.25, 0.3) is 0 Å². The lowest BCUT2D eigenvalue weighted by Crippen LogP contribution is -2.49. The van der Waals surface area contributed by atoms with Crippen LogP contribution >= 0.6 is 0 Å². The number of nitrogens with one attached hydrogen (secondary N) is 2. The number of hydrogen-bond acceptors (Lipinski definition) is 6. The van der Waals surface area contributed by atoms with Crippen molar-refractivity contribution in [2.75, 3.05) is 65.9 Å². The zero-order valence-corrected chi connectivity index (χ0v) is 20.0. The Labute approximate surface area is 196 Å². The van der Waals surface area contributed by atoms with Gasteiger partial charge in [0, 0.05) is 64.6 Å². The Hall–Kier alpha value is -3.10. The molecular formula is C25H35N5O3. The molecule has 2 N–H and O–H groups in total. The molecule has 1 aliphatic rings. The van der Waals surface area contributed by atoms with Gasteiger partial charge < -0.3 is 25.2 Å². The number of carbonyl (C=O) groups is 2. The molecule has 178 valence electrons. The van der Waals surface area contributed by atoms with Gasteiger partial charge in [0.2, 0.25) is 0 Å². The van der Waals surface area contributed by atoms with Crippen molar-refractivity contribution < 1.29 is 14.3 Å². The standard InChI is InChI=1S/C25H35N5O3/c1-28(2)21-11-9-19(10-12-21)22(30-15-13-29(3)14-16-30)18-27-25(32)24(31)26-17-20-7-5-6-8-23(20)33-4/h5-12,22H,13-18H2,1-4H3,(H,26,31)(H,27,32). The molecule has 8 heteroatoms. The van der Waals surface area contributed by atoms with Gasteiger partial charge >= 0.3 is 11.8 Å². The Balaban J connectivity index is 1.62. The molecule has 0 saturated carbocycles. The third kappa shape index (κ3) is 6.69. The van der Waals surface area contributed by atoms with Crippen molar-refractivity contribution in [2.24, 2.45) is 0 Å². The van der Waals surface area contributed by atoms with Crippen LogP contribution in [0.1, 0.15) is 17.2 Å². The van der Waals surface area contributed by atoms with E-state index in [1.807, 2.05) is 38.4 Å². The Morgan fingerprint density at radius 2 is 1.61 bits per heavy atom. The minimum Gasteiger partial charge on any atom is -0.496 e. The van der Waals surface area contributed by atoms with Crippen molar-refractivity contribution >= 4 is 17.5 Å². The van der Waals surface area contributed by atoms with E-state index in [2.05, 4.69) is 56.6 Å². The molecule has 2 aromatic rings. The molecule has 8 nitrogen and oxygen atoms in total. The maximum atomic E-state index is 12.5. The molecule has 0 spiro atoms. The van der Waals surface area contributed by atoms with Gasteiger partial charge in [-0.05, 0) is 30.8 Å². The average molecular weight is 454 g/mol. The van der Waals surface area contributed by atoms with Gasteiger partial charge in [-0.3, -0.25) is 14.5 Å². The largest absolute Gasteiger partial charge is 0.496 e. The summed E-state index contributed by atoms with van der Waals surface area (Å²) in [7, 11) is 7.72. The van der Waals surface area contributed by atoms with Gasteiger partial charge in [0.25, 0.3) is 0 Å². The normalized spacial score (nSPS) is 15.5. The molecule has 1 fully saturated rings. The fourth-order valence-corrected chi connectivity index (χ4v) is 3.96. The quantitative estimate of drug-likeness (QED) is 0.590. The lowest BCUT2D eigenvalue weighted by molar-refractivity contribution is -0.139. The van der Waals surface area contributed by atoms with E-state index in [9.17, 15) is 9.59 Å². The van der Waals surface area contributed by atoms with Crippen LogP contribution in [0.4, 0.5) is 5.69 Å². The summed E-state index contributed by atoms with van der Waals surface area (Å²) in [4.78, 5) is 31.7. The Bertz CT molecular complexity index is 924. The lowest BCUT2D eigenvalue weighted by Gasteiger charge is -2.38. The average Bonchev–Trinajstić information content (AvgIpc) is 2.84. The highest BCUT2D eigenvalue weighted by Crippen LogP contribution is 2.24. The van der Waals surface area contributed by atoms with Crippen LogP contribution in [-0.2, 0) is 16.1 Å². The van der Waals surface area contributed by atoms with E-state index in [4.69, 9.17) is 4.74 Å². The fraction of sp³-hybridized carbons (Fsp3) is 0.440. The van der Waals surface area contributed by atoms with E-state index in [-0.39, 0.29) is 12.6 Å². The molecule has 0 radical (unpaired) electrons. The molecule has 33 heavy (non-hydrogen) atoms. The molecule has 2 aromatic carbocycles. The predicted molar refractivity (Wildman–Crippen MR) is 130 cm³/mol. The zero-order chi connectivity index (χ0) is 23.8. The van der Waals surface area contributed by atoms with Crippen molar-refractivity contribution in [3.05, 3.63) is 59.7 Å². The number of para-hydroxylation sites is 1. The summed E-state index contributed by atoms with van der Waals surface area (Å²) >= 11 is 0. The van der Waals surface area contributed by atoms with E-state index in [1.165, 1.54) is 0 Å². The summed E-state index contributed by atoms with van der Waals surface area (Å²) in [6.07, 6.45) is 0. The molecule has 1 atom stereocenters. The van der Waals surface area contributed by atoms with Gasteiger partial charge in [-0.15, -0.1) is 0 Å². The van der Waals surface area contributed by atoms with Crippen LogP contribution < -0.4 is 20.3 Å². The number of anilines is 1. The van der Waals surface area contributed by atoms with Crippen molar-refractivity contribution in [2.45, 2.75) is 12.6 Å². The van der Waals surface area contributed by atoms with Crippen LogP contribution in [0.5, 0.6) is 5.75 Å². The van der Waals surface area contributed by atoms with Gasteiger partial charge in [-0.1, -0.05) is 30.3 Å². The first kappa shape index (κ1) is 24.5. The molecule has 1 unspecified atom stereocenters. The minimum atomic E-state index is -0.652. The first-order valence-corrected chi connectivity index (χ1v) is 11.3. The molecule has 1 heterocycles. The van der Waals surface area contributed by atoms with E-state index < -0.39 is 11.8 Å². The monoisotopic (exact) mass is 453 g/mol. The third-order valence-electron chi connectivity index (χ3n) is 6.07. The molecule has 2 amide bonds. The maximum absolute atomic E-state index is 12.5. The van der Waals surface area contributed by atoms with Gasteiger partial charge in [-0.2, -0.15) is 0 Å². The molecule has 0 aromatic heterocycles. The summed E-state index contributed by atoms with van der Waals surface area (Å²) in [5.41, 5.74) is 3.06. The number of amides is 2. The first-order chi connectivity index (χ1) is 15.9. The SMILES string of the molecule is COc1ccccc1CNC(=O)C(=O)NCC(c1ccc(N(C)C)cc1)N1CCN(C)CC1. The highest BCUT2D eigenvalue weighted by Gasteiger charge is 2.25. The van der Waals surface area contributed by atoms with Crippen LogP contribution in [0.3, 0.4) is 0 Å². The highest BCUT2D eigenvalue weighted by molar-refractivity contribution is 6.35. The number of benzene rings is 2.